The van der Waals surface area contributed by atoms with Crippen LogP contribution in [-0.4, -0.2) is 74.1 Å². The van der Waals surface area contributed by atoms with Crippen LogP contribution in [0.5, 0.6) is 0 Å². The Hall–Kier alpha value is -1.73. The molecule has 1 aromatic carbocycles. The van der Waals surface area contributed by atoms with Gasteiger partial charge in [0.1, 0.15) is 0 Å². The summed E-state index contributed by atoms with van der Waals surface area (Å²) in [5, 5.41) is 8.78. The topological polar surface area (TPSA) is 71.8 Å². The zero-order valence-corrected chi connectivity index (χ0v) is 25.7. The van der Waals surface area contributed by atoms with Gasteiger partial charge in [-0.2, -0.15) is 0 Å². The monoisotopic (exact) mass is 507 g/mol. The molecule has 192 valence electrons. The summed E-state index contributed by atoms with van der Waals surface area (Å²) in [7, 11) is 7.86. The number of hydrogen-bond acceptors (Lipinski definition) is 3. The van der Waals surface area contributed by atoms with Crippen molar-refractivity contribution in [2.45, 2.75) is 93.4 Å². The first-order chi connectivity index (χ1) is 15.6. The molecule has 0 bridgehead atoms. The molecule has 0 aliphatic carbocycles. The molecular formula is C26H49N7Ti. The van der Waals surface area contributed by atoms with Crippen LogP contribution in [0.1, 0.15) is 66.5 Å². The molecule has 7 nitrogen and oxygen atoms in total. The molecule has 34 heavy (non-hydrogen) atoms. The maximum absolute atomic E-state index is 4.39. The molecule has 0 aromatic heterocycles. The minimum absolute atomic E-state index is 0.310. The number of benzene rings is 1. The van der Waals surface area contributed by atoms with Crippen LogP contribution >= 0.6 is 0 Å². The molecule has 0 unspecified atom stereocenters. The van der Waals surface area contributed by atoms with Gasteiger partial charge in [-0.25, -0.2) is 0 Å². The van der Waals surface area contributed by atoms with Gasteiger partial charge in [0.25, 0.3) is 0 Å². The van der Waals surface area contributed by atoms with Gasteiger partial charge in [0.05, 0.1) is 0 Å². The Morgan fingerprint density at radius 2 is 1.03 bits per heavy atom. The molecular weight excluding hydrogens is 458 g/mol. The third-order valence-electron chi connectivity index (χ3n) is 3.85. The molecule has 1 rings (SSSR count). The van der Waals surface area contributed by atoms with E-state index < -0.39 is 0 Å². The average molecular weight is 508 g/mol. The van der Waals surface area contributed by atoms with Gasteiger partial charge in [-0.3, -0.25) is 0 Å². The van der Waals surface area contributed by atoms with Crippen LogP contribution in [-0.2, 0) is 20.3 Å². The quantitative estimate of drug-likeness (QED) is 0.248. The first-order valence-electron chi connectivity index (χ1n) is 12.0. The van der Waals surface area contributed by atoms with Crippen molar-refractivity contribution >= 4 is 17.6 Å². The second-order valence-corrected chi connectivity index (χ2v) is 9.98. The van der Waals surface area contributed by atoms with E-state index in [2.05, 4.69) is 111 Å². The van der Waals surface area contributed by atoms with Crippen LogP contribution < -0.4 is 0 Å². The van der Waals surface area contributed by atoms with Gasteiger partial charge in [-0.1, -0.05) is 55.4 Å². The molecule has 0 heterocycles. The van der Waals surface area contributed by atoms with E-state index in [0.717, 1.165) is 17.6 Å². The molecule has 0 atom stereocenters. The van der Waals surface area contributed by atoms with Crippen molar-refractivity contribution in [2.75, 3.05) is 28.2 Å². The van der Waals surface area contributed by atoms with Gasteiger partial charge >= 0.3 is 72.5 Å². The average Bonchev–Trinajstić information content (AvgIpc) is 2.66. The summed E-state index contributed by atoms with van der Waals surface area (Å²) in [6.45, 7) is 20.6. The SMILES string of the molecule is CC(C)N=C([N-]C(C)C)N(C)C.CC(C)N=C([N-]C(C)C)N(C)C.Cc1cccc(C)c1[N]=[Ti+2]. The predicted octanol–water partition coefficient (Wildman–Crippen LogP) is 6.85. The summed E-state index contributed by atoms with van der Waals surface area (Å²) in [6, 6.07) is 7.45. The molecule has 0 N–H and O–H groups in total. The zero-order valence-electron chi connectivity index (χ0n) is 24.2. The fourth-order valence-electron chi connectivity index (χ4n) is 2.43. The summed E-state index contributed by atoms with van der Waals surface area (Å²) in [5.41, 5.74) is 3.63. The Kier molecular flexibility index (Phi) is 18.8. The molecule has 0 spiro atoms. The van der Waals surface area contributed by atoms with Crippen molar-refractivity contribution in [1.29, 1.82) is 0 Å². The maximum atomic E-state index is 4.39. The number of guanidine groups is 2. The summed E-state index contributed by atoms with van der Waals surface area (Å²) in [4.78, 5) is 12.7. The van der Waals surface area contributed by atoms with Crippen molar-refractivity contribution in [3.63, 3.8) is 0 Å². The molecule has 0 aliphatic heterocycles. The Bertz CT molecular complexity index is 695. The van der Waals surface area contributed by atoms with Gasteiger partial charge in [-0.15, -0.1) is 0 Å². The van der Waals surface area contributed by atoms with E-state index in [0.29, 0.717) is 24.2 Å². The number of hydrogen-bond donors (Lipinski definition) is 0. The van der Waals surface area contributed by atoms with Crippen molar-refractivity contribution in [3.05, 3.63) is 40.0 Å². The molecule has 0 saturated heterocycles. The van der Waals surface area contributed by atoms with E-state index in [1.807, 2.05) is 58.2 Å². The third-order valence-corrected chi connectivity index (χ3v) is 4.20. The molecule has 8 heteroatoms. The summed E-state index contributed by atoms with van der Waals surface area (Å²) in [6.07, 6.45) is 0. The van der Waals surface area contributed by atoms with Crippen molar-refractivity contribution in [3.8, 4) is 0 Å². The Morgan fingerprint density at radius 3 is 1.21 bits per heavy atom. The first-order valence-corrected chi connectivity index (χ1v) is 12.7. The van der Waals surface area contributed by atoms with E-state index in [1.165, 1.54) is 11.1 Å². The Balaban J connectivity index is 0. The van der Waals surface area contributed by atoms with Crippen molar-refractivity contribution in [1.82, 2.24) is 9.80 Å². The fourth-order valence-corrected chi connectivity index (χ4v) is 2.99. The van der Waals surface area contributed by atoms with Gasteiger partial charge < -0.3 is 30.4 Å². The molecule has 0 radical (unpaired) electrons. The molecule has 1 aromatic rings. The van der Waals surface area contributed by atoms with E-state index in [1.54, 1.807) is 0 Å². The second-order valence-electron chi connectivity index (χ2n) is 9.63. The van der Waals surface area contributed by atoms with Crippen LogP contribution in [0.15, 0.2) is 31.6 Å². The van der Waals surface area contributed by atoms with Crippen molar-refractivity contribution in [2.24, 2.45) is 13.4 Å². The van der Waals surface area contributed by atoms with Gasteiger partial charge in [0.2, 0.25) is 0 Å². The van der Waals surface area contributed by atoms with Crippen LogP contribution in [0.2, 0.25) is 0 Å². The van der Waals surface area contributed by atoms with E-state index >= 15 is 0 Å². The standard InChI is InChI=1S/2C9H20N3.C8H9N.Ti/c2*1-7(2)10-9(12(5)6)11-8(3)4;1-6-4-3-5-7(2)8(6)9;/h2*7-8H,1-6H3;3-5H,1-2H3;/q2*-1;;+2. The summed E-state index contributed by atoms with van der Waals surface area (Å²) < 4.78 is 4.17. The number of rotatable bonds is 5. The van der Waals surface area contributed by atoms with Gasteiger partial charge in [0.15, 0.2) is 0 Å². The van der Waals surface area contributed by atoms with Gasteiger partial charge in [0, 0.05) is 11.9 Å². The Labute approximate surface area is 222 Å². The zero-order chi connectivity index (χ0) is 27.0. The van der Waals surface area contributed by atoms with Crippen LogP contribution in [0.3, 0.4) is 0 Å². The van der Waals surface area contributed by atoms with Crippen LogP contribution in [0.25, 0.3) is 10.6 Å². The van der Waals surface area contributed by atoms with E-state index in [4.69, 9.17) is 0 Å². The third kappa shape index (κ3) is 17.7. The number of aliphatic imine (C=N–C) groups is 2. The molecule has 0 fully saturated rings. The van der Waals surface area contributed by atoms with Crippen LogP contribution in [0, 0.1) is 13.8 Å². The fraction of sp³-hybridized carbons (Fsp3) is 0.692. The summed E-state index contributed by atoms with van der Waals surface area (Å²) in [5.74, 6) is 1.67. The Morgan fingerprint density at radius 1 is 0.706 bits per heavy atom. The molecule has 0 amide bonds. The normalized spacial score (nSPS) is 11.6. The minimum atomic E-state index is 0.310. The summed E-state index contributed by atoms with van der Waals surface area (Å²) >= 11 is 1.83. The second kappa shape index (κ2) is 18.6. The van der Waals surface area contributed by atoms with E-state index in [9.17, 15) is 0 Å². The molecule has 0 saturated carbocycles. The van der Waals surface area contributed by atoms with Gasteiger partial charge in [-0.05, 0) is 52.4 Å². The van der Waals surface area contributed by atoms with Crippen molar-refractivity contribution < 1.29 is 20.3 Å². The molecule has 0 aliphatic rings. The number of nitrogens with zero attached hydrogens (tertiary/aromatic N) is 7. The first kappa shape index (κ1) is 34.4. The number of aryl methyl sites for hydroxylation is 2. The van der Waals surface area contributed by atoms with Crippen LogP contribution in [0.4, 0.5) is 5.69 Å². The predicted molar refractivity (Wildman–Crippen MR) is 148 cm³/mol. The van der Waals surface area contributed by atoms with E-state index in [-0.39, 0.29) is 0 Å².